The number of nitrogens with zero attached hydrogens (tertiary/aromatic N) is 1. The smallest absolute Gasteiger partial charge is 0.273 e. The number of anilines is 1. The third kappa shape index (κ3) is 2.00. The fourth-order valence-corrected chi connectivity index (χ4v) is 2.01. The number of hydrogen-bond donors (Lipinski definition) is 1. The van der Waals surface area contributed by atoms with Crippen LogP contribution in [-0.2, 0) is 16.6 Å². The third-order valence-electron chi connectivity index (χ3n) is 2.85. The van der Waals surface area contributed by atoms with Gasteiger partial charge in [0, 0.05) is 17.3 Å². The molecule has 1 N–H and O–H groups in total. The lowest BCUT2D eigenvalue weighted by Crippen LogP contribution is -2.14. The molecule has 0 saturated heterocycles. The minimum atomic E-state index is -0.385. The molecule has 0 aliphatic carbocycles. The van der Waals surface area contributed by atoms with Crippen molar-refractivity contribution in [3.8, 4) is 0 Å². The maximum Gasteiger partial charge on any atom is 0.273 e. The molecule has 2 rings (SSSR count). The zero-order valence-corrected chi connectivity index (χ0v) is 10.0. The molecule has 5 heteroatoms. The van der Waals surface area contributed by atoms with Crippen LogP contribution in [0.15, 0.2) is 12.1 Å². The summed E-state index contributed by atoms with van der Waals surface area (Å²) < 4.78 is 0. The van der Waals surface area contributed by atoms with Gasteiger partial charge in [0.05, 0.1) is 11.3 Å². The van der Waals surface area contributed by atoms with E-state index in [0.29, 0.717) is 16.8 Å². The van der Waals surface area contributed by atoms with E-state index < -0.39 is 0 Å². The van der Waals surface area contributed by atoms with Crippen molar-refractivity contribution in [1.82, 2.24) is 0 Å². The molecular weight excluding hydrogens is 220 g/mol. The van der Waals surface area contributed by atoms with E-state index in [0.717, 1.165) is 0 Å². The molecule has 1 amide bonds. The van der Waals surface area contributed by atoms with Crippen LogP contribution in [0, 0.1) is 10.1 Å². The Morgan fingerprint density at radius 2 is 2.00 bits per heavy atom. The van der Waals surface area contributed by atoms with Crippen LogP contribution in [0.25, 0.3) is 0 Å². The third-order valence-corrected chi connectivity index (χ3v) is 2.85. The first kappa shape index (κ1) is 11.6. The summed E-state index contributed by atoms with van der Waals surface area (Å²) in [6.45, 7) is 5.75. The van der Waals surface area contributed by atoms with Crippen molar-refractivity contribution in [3.05, 3.63) is 33.4 Å². The van der Waals surface area contributed by atoms with E-state index in [1.807, 2.05) is 20.8 Å². The lowest BCUT2D eigenvalue weighted by atomic mass is 9.85. The van der Waals surface area contributed by atoms with Gasteiger partial charge in [-0.2, -0.15) is 0 Å². The first-order valence-corrected chi connectivity index (χ1v) is 5.40. The average Bonchev–Trinajstić information content (AvgIpc) is 2.53. The molecule has 1 heterocycles. The number of nitro benzene ring substituents is 1. The predicted octanol–water partition coefficient (Wildman–Crippen LogP) is 2.39. The van der Waals surface area contributed by atoms with Crippen molar-refractivity contribution >= 4 is 17.3 Å². The molecule has 0 atom stereocenters. The number of amides is 1. The van der Waals surface area contributed by atoms with Crippen LogP contribution in [0.2, 0.25) is 0 Å². The topological polar surface area (TPSA) is 72.2 Å². The molecule has 0 saturated carbocycles. The summed E-state index contributed by atoms with van der Waals surface area (Å²) in [5.41, 5.74) is 1.81. The van der Waals surface area contributed by atoms with Crippen LogP contribution in [-0.4, -0.2) is 10.8 Å². The highest BCUT2D eigenvalue weighted by molar-refractivity contribution is 5.99. The van der Waals surface area contributed by atoms with Gasteiger partial charge in [0.15, 0.2) is 0 Å². The molecule has 17 heavy (non-hydrogen) atoms. The van der Waals surface area contributed by atoms with Crippen molar-refractivity contribution in [2.45, 2.75) is 32.6 Å². The molecular formula is C12H14N2O3. The Balaban J connectivity index is 2.63. The van der Waals surface area contributed by atoms with Crippen LogP contribution in [0.5, 0.6) is 0 Å². The van der Waals surface area contributed by atoms with Gasteiger partial charge in [-0.3, -0.25) is 14.9 Å². The van der Waals surface area contributed by atoms with Gasteiger partial charge in [0.1, 0.15) is 0 Å². The number of benzene rings is 1. The predicted molar refractivity (Wildman–Crippen MR) is 64.1 cm³/mol. The Bertz CT molecular complexity index is 515. The van der Waals surface area contributed by atoms with E-state index in [4.69, 9.17) is 0 Å². The van der Waals surface area contributed by atoms with E-state index >= 15 is 0 Å². The second-order valence-corrected chi connectivity index (χ2v) is 5.26. The highest BCUT2D eigenvalue weighted by Gasteiger charge is 2.29. The fourth-order valence-electron chi connectivity index (χ4n) is 2.01. The van der Waals surface area contributed by atoms with Crippen LogP contribution < -0.4 is 5.32 Å². The summed E-state index contributed by atoms with van der Waals surface area (Å²) in [5, 5.41) is 13.8. The van der Waals surface area contributed by atoms with Crippen molar-refractivity contribution in [2.24, 2.45) is 0 Å². The van der Waals surface area contributed by atoms with Gasteiger partial charge < -0.3 is 5.32 Å². The minimum Gasteiger partial charge on any atom is -0.326 e. The summed E-state index contributed by atoms with van der Waals surface area (Å²) >= 11 is 0. The monoisotopic (exact) mass is 234 g/mol. The van der Waals surface area contributed by atoms with Crippen LogP contribution in [0.3, 0.4) is 0 Å². The second kappa shape index (κ2) is 3.55. The second-order valence-electron chi connectivity index (χ2n) is 5.26. The van der Waals surface area contributed by atoms with Crippen LogP contribution in [0.1, 0.15) is 31.9 Å². The Morgan fingerprint density at radius 1 is 1.35 bits per heavy atom. The highest BCUT2D eigenvalue weighted by Crippen LogP contribution is 2.37. The first-order valence-electron chi connectivity index (χ1n) is 5.40. The van der Waals surface area contributed by atoms with Crippen LogP contribution in [0.4, 0.5) is 11.4 Å². The quantitative estimate of drug-likeness (QED) is 0.599. The number of hydrogen-bond acceptors (Lipinski definition) is 3. The fraction of sp³-hybridized carbons (Fsp3) is 0.417. The number of rotatable bonds is 1. The zero-order valence-electron chi connectivity index (χ0n) is 10.0. The Morgan fingerprint density at radius 3 is 2.53 bits per heavy atom. The lowest BCUT2D eigenvalue weighted by Gasteiger charge is -2.19. The van der Waals surface area contributed by atoms with E-state index in [1.165, 1.54) is 6.07 Å². The molecule has 0 unspecified atom stereocenters. The highest BCUT2D eigenvalue weighted by atomic mass is 16.6. The van der Waals surface area contributed by atoms with Gasteiger partial charge in [-0.05, 0) is 17.0 Å². The summed E-state index contributed by atoms with van der Waals surface area (Å²) in [4.78, 5) is 21.9. The molecule has 0 radical (unpaired) electrons. The molecule has 1 aromatic carbocycles. The molecule has 0 fully saturated rings. The Kier molecular flexibility index (Phi) is 2.41. The molecule has 90 valence electrons. The zero-order chi connectivity index (χ0) is 12.8. The Hall–Kier alpha value is -1.91. The largest absolute Gasteiger partial charge is 0.326 e. The maximum absolute atomic E-state index is 11.3. The number of nitrogens with one attached hydrogen (secondary N) is 1. The van der Waals surface area contributed by atoms with Crippen molar-refractivity contribution in [2.75, 3.05) is 5.32 Å². The summed E-state index contributed by atoms with van der Waals surface area (Å²) in [6.07, 6.45) is 0.223. The van der Waals surface area contributed by atoms with E-state index in [1.54, 1.807) is 6.07 Å². The number of fused-ring (bicyclic) bond motifs is 1. The number of nitro groups is 1. The molecule has 0 aromatic heterocycles. The summed E-state index contributed by atoms with van der Waals surface area (Å²) in [7, 11) is 0. The van der Waals surface area contributed by atoms with Crippen molar-refractivity contribution in [3.63, 3.8) is 0 Å². The molecule has 1 aliphatic rings. The summed E-state index contributed by atoms with van der Waals surface area (Å²) in [5.74, 6) is -0.111. The number of carbonyl (C=O) groups excluding carboxylic acids is 1. The molecule has 1 aliphatic heterocycles. The molecule has 0 spiro atoms. The van der Waals surface area contributed by atoms with Crippen molar-refractivity contribution < 1.29 is 9.72 Å². The standard InChI is InChI=1S/C12H14N2O3/c1-12(2,3)8-6-9-7(5-11(15)13-9)4-10(8)14(16)17/h4,6H,5H2,1-3H3,(H,13,15). The Labute approximate surface area is 99.0 Å². The van der Waals surface area contributed by atoms with Gasteiger partial charge in [0.2, 0.25) is 5.91 Å². The summed E-state index contributed by atoms with van der Waals surface area (Å²) in [6, 6.07) is 3.23. The van der Waals surface area contributed by atoms with Crippen LogP contribution >= 0.6 is 0 Å². The van der Waals surface area contributed by atoms with Gasteiger partial charge in [-0.25, -0.2) is 0 Å². The SMILES string of the molecule is CC(C)(C)c1cc2c(cc1[N+](=O)[O-])CC(=O)N2. The average molecular weight is 234 g/mol. The maximum atomic E-state index is 11.3. The van der Waals surface area contributed by atoms with E-state index in [9.17, 15) is 14.9 Å². The molecule has 0 bridgehead atoms. The lowest BCUT2D eigenvalue weighted by molar-refractivity contribution is -0.386. The first-order chi connectivity index (χ1) is 7.79. The van der Waals surface area contributed by atoms with Gasteiger partial charge in [0.25, 0.3) is 5.69 Å². The number of carbonyl (C=O) groups is 1. The van der Waals surface area contributed by atoms with Gasteiger partial charge >= 0.3 is 0 Å². The van der Waals surface area contributed by atoms with Crippen molar-refractivity contribution in [1.29, 1.82) is 0 Å². The van der Waals surface area contributed by atoms with E-state index in [2.05, 4.69) is 5.32 Å². The normalized spacial score (nSPS) is 14.4. The molecule has 1 aromatic rings. The van der Waals surface area contributed by atoms with Gasteiger partial charge in [-0.1, -0.05) is 20.8 Å². The van der Waals surface area contributed by atoms with E-state index in [-0.39, 0.29) is 28.4 Å². The van der Waals surface area contributed by atoms with Gasteiger partial charge in [-0.15, -0.1) is 0 Å². The molecule has 5 nitrogen and oxygen atoms in total. The minimum absolute atomic E-state index is 0.0905.